The Hall–Kier alpha value is -1.49. The Morgan fingerprint density at radius 1 is 1.38 bits per heavy atom. The Morgan fingerprint density at radius 3 is 2.44 bits per heavy atom. The molecule has 2 rings (SSSR count). The van der Waals surface area contributed by atoms with Crippen LogP contribution in [0.15, 0.2) is 24.3 Å². The summed E-state index contributed by atoms with van der Waals surface area (Å²) in [4.78, 5) is 0. The number of hydrogen-bond acceptors (Lipinski definition) is 2. The number of nitriles is 1. The molecule has 0 heterocycles. The predicted octanol–water partition coefficient (Wildman–Crippen LogP) is 3.28. The van der Waals surface area contributed by atoms with E-state index in [4.69, 9.17) is 4.74 Å². The third-order valence-electron chi connectivity index (χ3n) is 3.71. The standard InChI is InChI=1S/C14H17NO/c1-3-11-8-14(9-11,10-15)12-4-6-13(16-2)7-5-12/h4-7,11H,3,8-9H2,1-2H3. The fourth-order valence-corrected chi connectivity index (χ4v) is 2.52. The Morgan fingerprint density at radius 2 is 2.00 bits per heavy atom. The molecule has 0 bridgehead atoms. The maximum Gasteiger partial charge on any atom is 0.118 e. The van der Waals surface area contributed by atoms with Crippen molar-refractivity contribution in [1.82, 2.24) is 0 Å². The zero-order valence-electron chi connectivity index (χ0n) is 9.86. The molecule has 0 amide bonds. The number of hydrogen-bond donors (Lipinski definition) is 0. The number of rotatable bonds is 3. The maximum atomic E-state index is 9.35. The van der Waals surface area contributed by atoms with Crippen LogP contribution in [0.1, 0.15) is 31.7 Å². The summed E-state index contributed by atoms with van der Waals surface area (Å²) in [5.74, 6) is 1.57. The van der Waals surface area contributed by atoms with E-state index in [2.05, 4.69) is 13.0 Å². The molecule has 0 unspecified atom stereocenters. The van der Waals surface area contributed by atoms with Crippen LogP contribution in [0.3, 0.4) is 0 Å². The first-order valence-corrected chi connectivity index (χ1v) is 5.80. The van der Waals surface area contributed by atoms with Crippen molar-refractivity contribution in [2.75, 3.05) is 7.11 Å². The summed E-state index contributed by atoms with van der Waals surface area (Å²) in [7, 11) is 1.66. The smallest absolute Gasteiger partial charge is 0.118 e. The van der Waals surface area contributed by atoms with Crippen LogP contribution >= 0.6 is 0 Å². The molecule has 1 aromatic carbocycles. The Balaban J connectivity index is 2.20. The normalized spacial score (nSPS) is 27.9. The predicted molar refractivity (Wildman–Crippen MR) is 63.3 cm³/mol. The second-order valence-electron chi connectivity index (χ2n) is 4.60. The van der Waals surface area contributed by atoms with Gasteiger partial charge in [-0.3, -0.25) is 0 Å². The zero-order chi connectivity index (χ0) is 11.6. The van der Waals surface area contributed by atoms with Crippen LogP contribution in [0.2, 0.25) is 0 Å². The third kappa shape index (κ3) is 1.67. The van der Waals surface area contributed by atoms with Gasteiger partial charge in [-0.2, -0.15) is 5.26 Å². The van der Waals surface area contributed by atoms with Crippen molar-refractivity contribution in [3.63, 3.8) is 0 Å². The number of nitrogens with zero attached hydrogens (tertiary/aromatic N) is 1. The van der Waals surface area contributed by atoms with Crippen LogP contribution in [0, 0.1) is 17.2 Å². The van der Waals surface area contributed by atoms with E-state index in [0.717, 1.165) is 30.1 Å². The molecule has 0 atom stereocenters. The van der Waals surface area contributed by atoms with Gasteiger partial charge in [-0.1, -0.05) is 25.5 Å². The van der Waals surface area contributed by atoms with E-state index in [1.54, 1.807) is 7.11 Å². The maximum absolute atomic E-state index is 9.35. The summed E-state index contributed by atoms with van der Waals surface area (Å²) < 4.78 is 5.13. The van der Waals surface area contributed by atoms with Gasteiger partial charge >= 0.3 is 0 Å². The van der Waals surface area contributed by atoms with E-state index in [-0.39, 0.29) is 5.41 Å². The third-order valence-corrected chi connectivity index (χ3v) is 3.71. The van der Waals surface area contributed by atoms with E-state index < -0.39 is 0 Å². The van der Waals surface area contributed by atoms with Gasteiger partial charge in [0.25, 0.3) is 0 Å². The van der Waals surface area contributed by atoms with Crippen molar-refractivity contribution in [2.45, 2.75) is 31.6 Å². The van der Waals surface area contributed by atoms with Crippen molar-refractivity contribution in [1.29, 1.82) is 5.26 Å². The largest absolute Gasteiger partial charge is 0.497 e. The molecule has 16 heavy (non-hydrogen) atoms. The zero-order valence-corrected chi connectivity index (χ0v) is 9.86. The van der Waals surface area contributed by atoms with E-state index in [9.17, 15) is 5.26 Å². The van der Waals surface area contributed by atoms with Gasteiger partial charge < -0.3 is 4.74 Å². The lowest BCUT2D eigenvalue weighted by atomic mass is 9.59. The second kappa shape index (κ2) is 4.17. The molecule has 0 aliphatic heterocycles. The fraction of sp³-hybridized carbons (Fsp3) is 0.500. The molecule has 84 valence electrons. The summed E-state index contributed by atoms with van der Waals surface area (Å²) in [6.45, 7) is 2.19. The molecule has 1 fully saturated rings. The minimum atomic E-state index is -0.229. The molecule has 1 aliphatic rings. The molecule has 0 radical (unpaired) electrons. The van der Waals surface area contributed by atoms with Crippen molar-refractivity contribution < 1.29 is 4.74 Å². The van der Waals surface area contributed by atoms with Crippen molar-refractivity contribution in [2.24, 2.45) is 5.92 Å². The molecule has 1 saturated carbocycles. The molecule has 1 aromatic rings. The average Bonchev–Trinajstić information content (AvgIpc) is 2.30. The Bertz CT molecular complexity index is 396. The minimum Gasteiger partial charge on any atom is -0.497 e. The molecule has 0 aromatic heterocycles. The Labute approximate surface area is 96.9 Å². The summed E-state index contributed by atoms with van der Waals surface area (Å²) in [5.41, 5.74) is 0.910. The van der Waals surface area contributed by atoms with Gasteiger partial charge in [0.2, 0.25) is 0 Å². The summed E-state index contributed by atoms with van der Waals surface area (Å²) in [5, 5.41) is 9.35. The highest BCUT2D eigenvalue weighted by molar-refractivity contribution is 5.39. The molecule has 0 N–H and O–H groups in total. The van der Waals surface area contributed by atoms with Gasteiger partial charge in [-0.15, -0.1) is 0 Å². The summed E-state index contributed by atoms with van der Waals surface area (Å²) >= 11 is 0. The lowest BCUT2D eigenvalue weighted by molar-refractivity contribution is 0.192. The van der Waals surface area contributed by atoms with Gasteiger partial charge in [-0.05, 0) is 36.5 Å². The van der Waals surface area contributed by atoms with Crippen LogP contribution in [0.25, 0.3) is 0 Å². The lowest BCUT2D eigenvalue weighted by Gasteiger charge is -2.42. The summed E-state index contributed by atoms with van der Waals surface area (Å²) in [6, 6.07) is 10.4. The number of methoxy groups -OCH3 is 1. The van der Waals surface area contributed by atoms with Crippen LogP contribution in [-0.2, 0) is 5.41 Å². The number of ether oxygens (including phenoxy) is 1. The highest BCUT2D eigenvalue weighted by Crippen LogP contribution is 2.48. The summed E-state index contributed by atoms with van der Waals surface area (Å²) in [6.07, 6.45) is 3.19. The molecule has 0 spiro atoms. The van der Waals surface area contributed by atoms with E-state index in [0.29, 0.717) is 0 Å². The lowest BCUT2D eigenvalue weighted by Crippen LogP contribution is -2.39. The Kier molecular flexibility index (Phi) is 2.87. The quantitative estimate of drug-likeness (QED) is 0.775. The average molecular weight is 215 g/mol. The molecular formula is C14H17NO. The fourth-order valence-electron chi connectivity index (χ4n) is 2.52. The van der Waals surface area contributed by atoms with Crippen molar-refractivity contribution >= 4 is 0 Å². The topological polar surface area (TPSA) is 33.0 Å². The molecular weight excluding hydrogens is 198 g/mol. The van der Waals surface area contributed by atoms with Crippen LogP contribution in [0.4, 0.5) is 0 Å². The van der Waals surface area contributed by atoms with E-state index in [1.807, 2.05) is 24.3 Å². The van der Waals surface area contributed by atoms with Crippen LogP contribution < -0.4 is 4.74 Å². The van der Waals surface area contributed by atoms with Crippen molar-refractivity contribution in [3.8, 4) is 11.8 Å². The molecule has 2 heteroatoms. The highest BCUT2D eigenvalue weighted by atomic mass is 16.5. The first kappa shape index (κ1) is 11.0. The molecule has 1 aliphatic carbocycles. The van der Waals surface area contributed by atoms with Gasteiger partial charge in [0, 0.05) is 0 Å². The van der Waals surface area contributed by atoms with E-state index in [1.165, 1.54) is 6.42 Å². The SMILES string of the molecule is CCC1CC(C#N)(c2ccc(OC)cc2)C1. The van der Waals surface area contributed by atoms with Crippen LogP contribution in [0.5, 0.6) is 5.75 Å². The van der Waals surface area contributed by atoms with E-state index >= 15 is 0 Å². The highest BCUT2D eigenvalue weighted by Gasteiger charge is 2.44. The van der Waals surface area contributed by atoms with Gasteiger partial charge in [-0.25, -0.2) is 0 Å². The number of benzene rings is 1. The van der Waals surface area contributed by atoms with Gasteiger partial charge in [0.1, 0.15) is 5.75 Å². The minimum absolute atomic E-state index is 0.229. The second-order valence-corrected chi connectivity index (χ2v) is 4.60. The first-order chi connectivity index (χ1) is 7.74. The molecule has 2 nitrogen and oxygen atoms in total. The van der Waals surface area contributed by atoms with Crippen LogP contribution in [-0.4, -0.2) is 7.11 Å². The monoisotopic (exact) mass is 215 g/mol. The first-order valence-electron chi connectivity index (χ1n) is 5.80. The van der Waals surface area contributed by atoms with Gasteiger partial charge in [0.05, 0.1) is 18.6 Å². The van der Waals surface area contributed by atoms with Gasteiger partial charge in [0.15, 0.2) is 0 Å². The van der Waals surface area contributed by atoms with Crippen molar-refractivity contribution in [3.05, 3.63) is 29.8 Å². The molecule has 0 saturated heterocycles.